The largest absolute Gasteiger partial charge is 0.335 e. The van der Waals surface area contributed by atoms with E-state index in [0.717, 1.165) is 10.5 Å². The molecule has 3 aromatic rings. The molecule has 29 heavy (non-hydrogen) atoms. The number of nitrogens with zero attached hydrogens (tertiary/aromatic N) is 2. The molecule has 0 bridgehead atoms. The van der Waals surface area contributed by atoms with Crippen molar-refractivity contribution >= 4 is 29.6 Å². The van der Waals surface area contributed by atoms with Crippen LogP contribution in [0.15, 0.2) is 72.4 Å². The SMILES string of the molecule is Cc1ccccc1N1C(=O)NC(=O)C(=Cc2cccn2-c2ccc(F)cc2)C1=O. The molecule has 144 valence electrons. The maximum atomic E-state index is 13.2. The average molecular weight is 389 g/mol. The lowest BCUT2D eigenvalue weighted by atomic mass is 10.1. The molecular formula is C22H16FN3O3. The van der Waals surface area contributed by atoms with E-state index in [-0.39, 0.29) is 11.4 Å². The first kappa shape index (κ1) is 18.4. The summed E-state index contributed by atoms with van der Waals surface area (Å²) in [6.45, 7) is 1.77. The smallest absolute Gasteiger partial charge is 0.317 e. The summed E-state index contributed by atoms with van der Waals surface area (Å²) in [7, 11) is 0. The summed E-state index contributed by atoms with van der Waals surface area (Å²) in [5.41, 5.74) is 2.16. The highest BCUT2D eigenvalue weighted by atomic mass is 19.1. The van der Waals surface area contributed by atoms with Crippen LogP contribution < -0.4 is 10.2 Å². The number of imide groups is 2. The fourth-order valence-electron chi connectivity index (χ4n) is 3.19. The number of aromatic nitrogens is 1. The first-order valence-corrected chi connectivity index (χ1v) is 8.86. The van der Waals surface area contributed by atoms with E-state index in [1.54, 1.807) is 66.2 Å². The molecule has 4 rings (SSSR count). The van der Waals surface area contributed by atoms with Crippen molar-refractivity contribution in [2.24, 2.45) is 0 Å². The van der Waals surface area contributed by atoms with Gasteiger partial charge >= 0.3 is 6.03 Å². The second-order valence-electron chi connectivity index (χ2n) is 6.52. The molecule has 7 heteroatoms. The third kappa shape index (κ3) is 3.34. The number of anilines is 1. The van der Waals surface area contributed by atoms with Crippen LogP contribution in [0.2, 0.25) is 0 Å². The van der Waals surface area contributed by atoms with E-state index < -0.39 is 17.8 Å². The summed E-state index contributed by atoms with van der Waals surface area (Å²) in [6.07, 6.45) is 3.15. The molecule has 0 saturated carbocycles. The predicted octanol–water partition coefficient (Wildman–Crippen LogP) is 3.59. The van der Waals surface area contributed by atoms with Crippen LogP contribution >= 0.6 is 0 Å². The molecule has 0 unspecified atom stereocenters. The van der Waals surface area contributed by atoms with Crippen LogP contribution in [-0.2, 0) is 9.59 Å². The number of hydrogen-bond acceptors (Lipinski definition) is 3. The molecule has 6 nitrogen and oxygen atoms in total. The molecule has 1 aromatic heterocycles. The summed E-state index contributed by atoms with van der Waals surface area (Å²) in [5.74, 6) is -1.84. The fourth-order valence-corrected chi connectivity index (χ4v) is 3.19. The van der Waals surface area contributed by atoms with E-state index in [2.05, 4.69) is 5.32 Å². The molecule has 0 atom stereocenters. The Hall–Kier alpha value is -4.00. The molecule has 1 fully saturated rings. The van der Waals surface area contributed by atoms with Crippen LogP contribution in [0.4, 0.5) is 14.9 Å². The van der Waals surface area contributed by atoms with Gasteiger partial charge in [-0.2, -0.15) is 0 Å². The van der Waals surface area contributed by atoms with Gasteiger partial charge in [0.15, 0.2) is 0 Å². The predicted molar refractivity (Wildman–Crippen MR) is 106 cm³/mol. The number of barbiturate groups is 1. The van der Waals surface area contributed by atoms with Crippen LogP contribution in [-0.4, -0.2) is 22.4 Å². The first-order valence-electron chi connectivity index (χ1n) is 8.86. The van der Waals surface area contributed by atoms with Crippen molar-refractivity contribution in [2.75, 3.05) is 4.90 Å². The highest BCUT2D eigenvalue weighted by Gasteiger charge is 2.37. The number of carbonyl (C=O) groups excluding carboxylic acids is 3. The minimum atomic E-state index is -0.791. The number of rotatable bonds is 3. The maximum Gasteiger partial charge on any atom is 0.335 e. The highest BCUT2D eigenvalue weighted by Crippen LogP contribution is 2.25. The van der Waals surface area contributed by atoms with E-state index in [4.69, 9.17) is 0 Å². The molecule has 0 aliphatic carbocycles. The normalized spacial score (nSPS) is 15.7. The zero-order valence-electron chi connectivity index (χ0n) is 15.4. The van der Waals surface area contributed by atoms with E-state index in [0.29, 0.717) is 17.1 Å². The average Bonchev–Trinajstić information content (AvgIpc) is 3.15. The number of aryl methyl sites for hydroxylation is 1. The molecule has 1 aliphatic rings. The number of hydrogen-bond donors (Lipinski definition) is 1. The fraction of sp³-hybridized carbons (Fsp3) is 0.0455. The van der Waals surface area contributed by atoms with Crippen molar-refractivity contribution in [3.63, 3.8) is 0 Å². The number of urea groups is 1. The summed E-state index contributed by atoms with van der Waals surface area (Å²) in [5, 5.41) is 2.21. The molecule has 2 heterocycles. The molecule has 1 saturated heterocycles. The summed E-state index contributed by atoms with van der Waals surface area (Å²) < 4.78 is 14.9. The highest BCUT2D eigenvalue weighted by molar-refractivity contribution is 6.39. The van der Waals surface area contributed by atoms with Gasteiger partial charge in [-0.3, -0.25) is 14.9 Å². The number of benzene rings is 2. The monoisotopic (exact) mass is 389 g/mol. The van der Waals surface area contributed by atoms with Crippen molar-refractivity contribution in [2.45, 2.75) is 6.92 Å². The second-order valence-corrected chi connectivity index (χ2v) is 6.52. The van der Waals surface area contributed by atoms with Crippen LogP contribution in [0, 0.1) is 12.7 Å². The molecule has 0 radical (unpaired) electrons. The summed E-state index contributed by atoms with van der Waals surface area (Å²) >= 11 is 0. The lowest BCUT2D eigenvalue weighted by molar-refractivity contribution is -0.122. The van der Waals surface area contributed by atoms with E-state index in [1.165, 1.54) is 18.2 Å². The van der Waals surface area contributed by atoms with Gasteiger partial charge in [0.1, 0.15) is 11.4 Å². The van der Waals surface area contributed by atoms with Crippen molar-refractivity contribution < 1.29 is 18.8 Å². The van der Waals surface area contributed by atoms with Crippen LogP contribution in [0.25, 0.3) is 11.8 Å². The Kier molecular flexibility index (Phi) is 4.56. The number of amides is 4. The first-order chi connectivity index (χ1) is 14.0. The Morgan fingerprint density at radius 1 is 0.931 bits per heavy atom. The van der Waals surface area contributed by atoms with Crippen LogP contribution in [0.5, 0.6) is 0 Å². The Bertz CT molecular complexity index is 1160. The molecule has 1 N–H and O–H groups in total. The third-order valence-corrected chi connectivity index (χ3v) is 4.64. The Labute approximate surface area is 165 Å². The van der Waals surface area contributed by atoms with Gasteiger partial charge < -0.3 is 4.57 Å². The molecule has 0 spiro atoms. The zero-order valence-corrected chi connectivity index (χ0v) is 15.4. The van der Waals surface area contributed by atoms with Gasteiger partial charge in [0.05, 0.1) is 5.69 Å². The topological polar surface area (TPSA) is 71.4 Å². The van der Waals surface area contributed by atoms with Crippen molar-refractivity contribution in [1.29, 1.82) is 0 Å². The van der Waals surface area contributed by atoms with Gasteiger partial charge in [-0.05, 0) is 61.0 Å². The number of nitrogens with one attached hydrogen (secondary N) is 1. The quantitative estimate of drug-likeness (QED) is 0.550. The number of para-hydroxylation sites is 1. The van der Waals surface area contributed by atoms with E-state index >= 15 is 0 Å². The van der Waals surface area contributed by atoms with Gasteiger partial charge in [0.2, 0.25) is 0 Å². The van der Waals surface area contributed by atoms with Crippen molar-refractivity contribution in [3.8, 4) is 5.69 Å². The lowest BCUT2D eigenvalue weighted by Crippen LogP contribution is -2.54. The molecule has 2 aromatic carbocycles. The second kappa shape index (κ2) is 7.20. The van der Waals surface area contributed by atoms with Gasteiger partial charge in [-0.1, -0.05) is 18.2 Å². The van der Waals surface area contributed by atoms with Gasteiger partial charge in [-0.15, -0.1) is 0 Å². The number of carbonyl (C=O) groups is 3. The van der Waals surface area contributed by atoms with Gasteiger partial charge in [-0.25, -0.2) is 14.1 Å². The minimum Gasteiger partial charge on any atom is -0.317 e. The third-order valence-electron chi connectivity index (χ3n) is 4.64. The Morgan fingerprint density at radius 3 is 2.38 bits per heavy atom. The minimum absolute atomic E-state index is 0.171. The Morgan fingerprint density at radius 2 is 1.66 bits per heavy atom. The van der Waals surface area contributed by atoms with E-state index in [9.17, 15) is 18.8 Å². The lowest BCUT2D eigenvalue weighted by Gasteiger charge is -2.27. The van der Waals surface area contributed by atoms with Gasteiger partial charge in [0.25, 0.3) is 11.8 Å². The van der Waals surface area contributed by atoms with Crippen LogP contribution in [0.1, 0.15) is 11.3 Å². The standard InChI is InChI=1S/C22H16FN3O3/c1-14-5-2-3-7-19(14)26-21(28)18(20(27)24-22(26)29)13-17-6-4-12-25(17)16-10-8-15(23)9-11-16/h2-13H,1H3,(H,24,27,29). The van der Waals surface area contributed by atoms with Crippen LogP contribution in [0.3, 0.4) is 0 Å². The maximum absolute atomic E-state index is 13.2. The summed E-state index contributed by atoms with van der Waals surface area (Å²) in [4.78, 5) is 38.7. The number of halogens is 1. The van der Waals surface area contributed by atoms with Gasteiger partial charge in [0, 0.05) is 17.6 Å². The Balaban J connectivity index is 1.76. The summed E-state index contributed by atoms with van der Waals surface area (Å²) in [6, 6.07) is 15.4. The zero-order chi connectivity index (χ0) is 20.5. The van der Waals surface area contributed by atoms with Crippen molar-refractivity contribution in [3.05, 3.63) is 89.5 Å². The molecule has 4 amide bonds. The molecular weight excluding hydrogens is 373 g/mol. The van der Waals surface area contributed by atoms with Crippen molar-refractivity contribution in [1.82, 2.24) is 9.88 Å². The van der Waals surface area contributed by atoms with E-state index in [1.807, 2.05) is 0 Å². The molecule has 1 aliphatic heterocycles.